The normalized spacial score (nSPS) is 14.1. The van der Waals surface area contributed by atoms with Gasteiger partial charge in [-0.3, -0.25) is 4.79 Å². The molecule has 0 saturated carbocycles. The average molecular weight is 309 g/mol. The van der Waals surface area contributed by atoms with E-state index in [0.29, 0.717) is 43.5 Å². The molecule has 1 amide bonds. The topological polar surface area (TPSA) is 91.1 Å². The summed E-state index contributed by atoms with van der Waals surface area (Å²) in [5.41, 5.74) is 1.32. The molecule has 1 aromatic carbocycles. The number of rotatable bonds is 3. The number of anilines is 2. The molecule has 23 heavy (non-hydrogen) atoms. The highest BCUT2D eigenvalue weighted by atomic mass is 16.5. The van der Waals surface area contributed by atoms with E-state index in [1.807, 2.05) is 11.0 Å². The Labute approximate surface area is 133 Å². The van der Waals surface area contributed by atoms with Gasteiger partial charge < -0.3 is 15.0 Å². The largest absolute Gasteiger partial charge is 0.378 e. The lowest BCUT2D eigenvalue weighted by Crippen LogP contribution is -2.37. The summed E-state index contributed by atoms with van der Waals surface area (Å²) < 4.78 is 5.30. The second kappa shape index (κ2) is 6.85. The number of nitriles is 1. The quantitative estimate of drug-likeness (QED) is 0.922. The molecule has 1 fully saturated rings. The van der Waals surface area contributed by atoms with Crippen LogP contribution in [-0.2, 0) is 4.74 Å². The Morgan fingerprint density at radius 1 is 1.30 bits per heavy atom. The summed E-state index contributed by atoms with van der Waals surface area (Å²) in [6.45, 7) is 2.66. The summed E-state index contributed by atoms with van der Waals surface area (Å²) in [6.07, 6.45) is 1.57. The lowest BCUT2D eigenvalue weighted by molar-refractivity contribution is 0.102. The number of aromatic nitrogens is 2. The molecule has 3 rings (SSSR count). The van der Waals surface area contributed by atoms with Crippen molar-refractivity contribution in [2.24, 2.45) is 0 Å². The maximum absolute atomic E-state index is 12.3. The number of nitrogens with one attached hydrogen (secondary N) is 1. The van der Waals surface area contributed by atoms with Gasteiger partial charge in [-0.25, -0.2) is 9.97 Å². The van der Waals surface area contributed by atoms with E-state index in [9.17, 15) is 4.79 Å². The standard InChI is InChI=1S/C16H15N5O2/c17-11-12-2-1-3-13(10-12)19-15(22)14-4-5-18-16(20-14)21-6-8-23-9-7-21/h1-5,10H,6-9H2,(H,19,22). The van der Waals surface area contributed by atoms with E-state index in [1.165, 1.54) is 0 Å². The first kappa shape index (κ1) is 14.9. The molecule has 1 aliphatic heterocycles. The highest BCUT2D eigenvalue weighted by Crippen LogP contribution is 2.13. The molecular formula is C16H15N5O2. The molecule has 1 aliphatic rings. The van der Waals surface area contributed by atoms with Crippen molar-refractivity contribution in [1.29, 1.82) is 5.26 Å². The van der Waals surface area contributed by atoms with Gasteiger partial charge in [-0.05, 0) is 24.3 Å². The van der Waals surface area contributed by atoms with Gasteiger partial charge in [0.25, 0.3) is 5.91 Å². The second-order valence-electron chi connectivity index (χ2n) is 4.99. The Hall–Kier alpha value is -2.98. The van der Waals surface area contributed by atoms with Crippen LogP contribution in [0.15, 0.2) is 36.5 Å². The minimum Gasteiger partial charge on any atom is -0.378 e. The molecule has 2 heterocycles. The van der Waals surface area contributed by atoms with Crippen LogP contribution in [0.4, 0.5) is 11.6 Å². The van der Waals surface area contributed by atoms with Crippen molar-refractivity contribution in [2.75, 3.05) is 36.5 Å². The van der Waals surface area contributed by atoms with Crippen molar-refractivity contribution in [3.05, 3.63) is 47.8 Å². The van der Waals surface area contributed by atoms with Gasteiger partial charge in [-0.1, -0.05) is 6.07 Å². The number of amides is 1. The molecular weight excluding hydrogens is 294 g/mol. The zero-order chi connectivity index (χ0) is 16.1. The lowest BCUT2D eigenvalue weighted by atomic mass is 10.2. The molecule has 1 aromatic heterocycles. The van der Waals surface area contributed by atoms with E-state index in [1.54, 1.807) is 36.5 Å². The zero-order valence-corrected chi connectivity index (χ0v) is 12.4. The number of nitrogens with zero attached hydrogens (tertiary/aromatic N) is 4. The van der Waals surface area contributed by atoms with E-state index in [2.05, 4.69) is 15.3 Å². The van der Waals surface area contributed by atoms with Crippen LogP contribution in [0.1, 0.15) is 16.1 Å². The zero-order valence-electron chi connectivity index (χ0n) is 12.4. The molecule has 1 N–H and O–H groups in total. The van der Waals surface area contributed by atoms with Crippen molar-refractivity contribution in [3.8, 4) is 6.07 Å². The van der Waals surface area contributed by atoms with Crippen molar-refractivity contribution in [2.45, 2.75) is 0 Å². The van der Waals surface area contributed by atoms with Gasteiger partial charge in [0.2, 0.25) is 5.95 Å². The number of ether oxygens (including phenoxy) is 1. The molecule has 2 aromatic rings. The molecule has 7 heteroatoms. The number of carbonyl (C=O) groups is 1. The summed E-state index contributed by atoms with van der Waals surface area (Å²) in [7, 11) is 0. The van der Waals surface area contributed by atoms with Crippen molar-refractivity contribution < 1.29 is 9.53 Å². The Morgan fingerprint density at radius 3 is 2.91 bits per heavy atom. The number of benzene rings is 1. The summed E-state index contributed by atoms with van der Waals surface area (Å²) in [5, 5.41) is 11.6. The predicted octanol–water partition coefficient (Wildman–Crippen LogP) is 1.44. The van der Waals surface area contributed by atoms with Crippen LogP contribution in [0.2, 0.25) is 0 Å². The first-order valence-electron chi connectivity index (χ1n) is 7.23. The molecule has 0 unspecified atom stereocenters. The van der Waals surface area contributed by atoms with Crippen molar-refractivity contribution in [3.63, 3.8) is 0 Å². The molecule has 1 saturated heterocycles. The van der Waals surface area contributed by atoms with E-state index >= 15 is 0 Å². The molecule has 0 spiro atoms. The number of hydrogen-bond donors (Lipinski definition) is 1. The summed E-state index contributed by atoms with van der Waals surface area (Å²) >= 11 is 0. The molecule has 116 valence electrons. The van der Waals surface area contributed by atoms with Crippen LogP contribution < -0.4 is 10.2 Å². The third kappa shape index (κ3) is 3.62. The van der Waals surface area contributed by atoms with Crippen LogP contribution in [-0.4, -0.2) is 42.2 Å². The Bertz CT molecular complexity index is 750. The Morgan fingerprint density at radius 2 is 2.13 bits per heavy atom. The predicted molar refractivity (Wildman–Crippen MR) is 84.2 cm³/mol. The van der Waals surface area contributed by atoms with Crippen molar-refractivity contribution >= 4 is 17.5 Å². The SMILES string of the molecule is N#Cc1cccc(NC(=O)c2ccnc(N3CCOCC3)n2)c1. The fourth-order valence-corrected chi connectivity index (χ4v) is 2.25. The smallest absolute Gasteiger partial charge is 0.274 e. The van der Waals surface area contributed by atoms with Crippen LogP contribution in [0.3, 0.4) is 0 Å². The number of carbonyl (C=O) groups excluding carboxylic acids is 1. The third-order valence-corrected chi connectivity index (χ3v) is 3.42. The molecule has 0 aliphatic carbocycles. The van der Waals surface area contributed by atoms with Crippen LogP contribution in [0.25, 0.3) is 0 Å². The molecule has 0 bridgehead atoms. The van der Waals surface area contributed by atoms with Gasteiger partial charge >= 0.3 is 0 Å². The van der Waals surface area contributed by atoms with E-state index in [-0.39, 0.29) is 11.6 Å². The van der Waals surface area contributed by atoms with E-state index < -0.39 is 0 Å². The maximum Gasteiger partial charge on any atom is 0.274 e. The van der Waals surface area contributed by atoms with E-state index in [4.69, 9.17) is 10.00 Å². The van der Waals surface area contributed by atoms with Crippen LogP contribution in [0, 0.1) is 11.3 Å². The fraction of sp³-hybridized carbons (Fsp3) is 0.250. The minimum absolute atomic E-state index is 0.281. The van der Waals surface area contributed by atoms with E-state index in [0.717, 1.165) is 0 Å². The Kier molecular flexibility index (Phi) is 4.45. The van der Waals surface area contributed by atoms with Gasteiger partial charge in [-0.2, -0.15) is 5.26 Å². The van der Waals surface area contributed by atoms with Gasteiger partial charge in [-0.15, -0.1) is 0 Å². The molecule has 0 atom stereocenters. The fourth-order valence-electron chi connectivity index (χ4n) is 2.25. The minimum atomic E-state index is -0.336. The van der Waals surface area contributed by atoms with Crippen molar-refractivity contribution in [1.82, 2.24) is 9.97 Å². The molecule has 0 radical (unpaired) electrons. The van der Waals surface area contributed by atoms with Gasteiger partial charge in [0.05, 0.1) is 24.8 Å². The average Bonchev–Trinajstić information content (AvgIpc) is 2.63. The summed E-state index contributed by atoms with van der Waals surface area (Å²) in [6, 6.07) is 10.3. The van der Waals surface area contributed by atoms with Crippen LogP contribution in [0.5, 0.6) is 0 Å². The van der Waals surface area contributed by atoms with Gasteiger partial charge in [0.1, 0.15) is 5.69 Å². The highest BCUT2D eigenvalue weighted by molar-refractivity contribution is 6.03. The van der Waals surface area contributed by atoms with Crippen LogP contribution >= 0.6 is 0 Å². The first-order chi connectivity index (χ1) is 11.3. The van der Waals surface area contributed by atoms with Gasteiger partial charge in [0.15, 0.2) is 0 Å². The van der Waals surface area contributed by atoms with Gasteiger partial charge in [0, 0.05) is 25.0 Å². The highest BCUT2D eigenvalue weighted by Gasteiger charge is 2.16. The number of morpholine rings is 1. The third-order valence-electron chi connectivity index (χ3n) is 3.42. The monoisotopic (exact) mass is 309 g/mol. The Balaban J connectivity index is 1.75. The summed E-state index contributed by atoms with van der Waals surface area (Å²) in [4.78, 5) is 22.8. The maximum atomic E-state index is 12.3. The lowest BCUT2D eigenvalue weighted by Gasteiger charge is -2.26. The summed E-state index contributed by atoms with van der Waals surface area (Å²) in [5.74, 6) is 0.184. The second-order valence-corrected chi connectivity index (χ2v) is 4.99. The first-order valence-corrected chi connectivity index (χ1v) is 7.23. The number of hydrogen-bond acceptors (Lipinski definition) is 6. The molecule has 7 nitrogen and oxygen atoms in total.